The molecule has 1 aliphatic heterocycles. The van der Waals surface area contributed by atoms with Gasteiger partial charge in [0.05, 0.1) is 22.9 Å². The molecule has 0 spiro atoms. The molecule has 0 saturated carbocycles. The Hall–Kier alpha value is -2.91. The van der Waals surface area contributed by atoms with Gasteiger partial charge in [-0.25, -0.2) is 14.4 Å². The van der Waals surface area contributed by atoms with E-state index in [1.165, 1.54) is 6.07 Å². The first kappa shape index (κ1) is 25.2. The van der Waals surface area contributed by atoms with Gasteiger partial charge < -0.3 is 20.1 Å². The molecule has 2 atom stereocenters. The van der Waals surface area contributed by atoms with E-state index in [1.54, 1.807) is 24.4 Å². The van der Waals surface area contributed by atoms with Crippen LogP contribution in [0.3, 0.4) is 0 Å². The van der Waals surface area contributed by atoms with E-state index in [-0.39, 0.29) is 28.5 Å². The molecule has 0 aliphatic carbocycles. The molecular formula is C25H31ClFN5O3. The number of aromatic nitrogens is 3. The second-order valence-corrected chi connectivity index (χ2v) is 9.60. The van der Waals surface area contributed by atoms with Crippen molar-refractivity contribution in [1.29, 1.82) is 0 Å². The summed E-state index contributed by atoms with van der Waals surface area (Å²) in [5.41, 5.74) is 7.91. The van der Waals surface area contributed by atoms with Gasteiger partial charge in [0.15, 0.2) is 5.82 Å². The summed E-state index contributed by atoms with van der Waals surface area (Å²) >= 11 is 6.36. The number of piperidine rings is 1. The van der Waals surface area contributed by atoms with E-state index in [1.807, 2.05) is 32.1 Å². The molecule has 1 fully saturated rings. The number of imidazole rings is 1. The lowest BCUT2D eigenvalue weighted by atomic mass is 9.95. The first-order valence-corrected chi connectivity index (χ1v) is 12.1. The number of benzene rings is 1. The molecule has 2 aromatic heterocycles. The third-order valence-electron chi connectivity index (χ3n) is 6.41. The second kappa shape index (κ2) is 9.99. The van der Waals surface area contributed by atoms with E-state index in [0.717, 1.165) is 12.8 Å². The van der Waals surface area contributed by atoms with Crippen molar-refractivity contribution < 1.29 is 18.7 Å². The Morgan fingerprint density at radius 3 is 2.77 bits per heavy atom. The molecule has 1 amide bonds. The third kappa shape index (κ3) is 4.67. The van der Waals surface area contributed by atoms with Gasteiger partial charge >= 0.3 is 0 Å². The topological polar surface area (TPSA) is 95.0 Å². The van der Waals surface area contributed by atoms with Crippen LogP contribution in [0.4, 0.5) is 10.2 Å². The predicted octanol–water partition coefficient (Wildman–Crippen LogP) is 4.60. The number of anilines is 1. The van der Waals surface area contributed by atoms with Crippen LogP contribution in [0.25, 0.3) is 5.52 Å². The summed E-state index contributed by atoms with van der Waals surface area (Å²) in [6.45, 7) is 8.32. The maximum absolute atomic E-state index is 15.5. The highest BCUT2D eigenvalue weighted by atomic mass is 35.5. The van der Waals surface area contributed by atoms with Crippen LogP contribution in [-0.4, -0.2) is 57.6 Å². The Morgan fingerprint density at radius 2 is 2.09 bits per heavy atom. The third-order valence-corrected chi connectivity index (χ3v) is 6.68. The summed E-state index contributed by atoms with van der Waals surface area (Å²) in [4.78, 5) is 24.1. The average molecular weight is 504 g/mol. The van der Waals surface area contributed by atoms with Gasteiger partial charge in [-0.2, -0.15) is 0 Å². The number of likely N-dealkylation sites (tertiary alicyclic amines) is 1. The standard InChI is InChI=1S/C25H31ClFN5O3/c1-13(2)35-22-17(14(3)24-30-15(4)21-23(28)29-8-10-32(21)24)11-18(26)20(27)19(22)25(33)31-9-6-7-16(12-31)34-5/h8,10-11,13-14,16H,6-7,9,12H2,1-5H3,(H2,28,29)/t14?,16-/m1/s1. The van der Waals surface area contributed by atoms with Crippen LogP contribution in [0.2, 0.25) is 5.02 Å². The van der Waals surface area contributed by atoms with E-state index >= 15 is 4.39 Å². The molecule has 35 heavy (non-hydrogen) atoms. The van der Waals surface area contributed by atoms with Crippen LogP contribution >= 0.6 is 11.6 Å². The van der Waals surface area contributed by atoms with Gasteiger partial charge in [0, 0.05) is 44.1 Å². The van der Waals surface area contributed by atoms with Gasteiger partial charge in [0.2, 0.25) is 0 Å². The van der Waals surface area contributed by atoms with E-state index in [9.17, 15) is 4.79 Å². The van der Waals surface area contributed by atoms with Gasteiger partial charge in [0.25, 0.3) is 5.91 Å². The van der Waals surface area contributed by atoms with E-state index in [0.29, 0.717) is 41.5 Å². The summed E-state index contributed by atoms with van der Waals surface area (Å²) in [5.74, 6) is -0.465. The quantitative estimate of drug-likeness (QED) is 0.528. The number of ether oxygens (including phenoxy) is 2. The lowest BCUT2D eigenvalue weighted by Gasteiger charge is -2.33. The number of rotatable bonds is 6. The molecule has 10 heteroatoms. The van der Waals surface area contributed by atoms with Crippen molar-refractivity contribution in [2.75, 3.05) is 25.9 Å². The lowest BCUT2D eigenvalue weighted by Crippen LogP contribution is -2.43. The molecule has 1 saturated heterocycles. The smallest absolute Gasteiger partial charge is 0.260 e. The minimum absolute atomic E-state index is 0.0962. The summed E-state index contributed by atoms with van der Waals surface area (Å²) in [5, 5.41) is -0.148. The Labute approximate surface area is 209 Å². The molecule has 188 valence electrons. The number of fused-ring (bicyclic) bond motifs is 1. The fourth-order valence-electron chi connectivity index (χ4n) is 4.69. The molecule has 0 bridgehead atoms. The van der Waals surface area contributed by atoms with Crippen LogP contribution in [0.1, 0.15) is 67.0 Å². The fourth-order valence-corrected chi connectivity index (χ4v) is 4.90. The highest BCUT2D eigenvalue weighted by Crippen LogP contribution is 2.40. The van der Waals surface area contributed by atoms with E-state index in [4.69, 9.17) is 31.8 Å². The van der Waals surface area contributed by atoms with Crippen molar-refractivity contribution in [3.8, 4) is 5.75 Å². The van der Waals surface area contributed by atoms with Gasteiger partial charge in [-0.15, -0.1) is 0 Å². The van der Waals surface area contributed by atoms with Gasteiger partial charge in [-0.05, 0) is 39.7 Å². The summed E-state index contributed by atoms with van der Waals surface area (Å²) in [6.07, 6.45) is 4.59. The minimum atomic E-state index is -0.791. The fraction of sp³-hybridized carbons (Fsp3) is 0.480. The van der Waals surface area contributed by atoms with Gasteiger partial charge in [-0.3, -0.25) is 9.20 Å². The highest BCUT2D eigenvalue weighted by molar-refractivity contribution is 6.31. The molecule has 8 nitrogen and oxygen atoms in total. The maximum atomic E-state index is 15.5. The number of hydrogen-bond acceptors (Lipinski definition) is 6. The van der Waals surface area contributed by atoms with Crippen molar-refractivity contribution in [2.45, 2.75) is 58.7 Å². The van der Waals surface area contributed by atoms with Crippen molar-refractivity contribution in [3.05, 3.63) is 51.9 Å². The molecule has 1 unspecified atom stereocenters. The first-order chi connectivity index (χ1) is 16.6. The molecule has 0 radical (unpaired) electrons. The monoisotopic (exact) mass is 503 g/mol. The van der Waals surface area contributed by atoms with Crippen molar-refractivity contribution in [1.82, 2.24) is 19.3 Å². The number of nitrogens with two attached hydrogens (primary N) is 1. The highest BCUT2D eigenvalue weighted by Gasteiger charge is 2.33. The van der Waals surface area contributed by atoms with E-state index in [2.05, 4.69) is 4.98 Å². The number of carbonyl (C=O) groups is 1. The summed E-state index contributed by atoms with van der Waals surface area (Å²) in [6, 6.07) is 1.52. The molecule has 1 aliphatic rings. The van der Waals surface area contributed by atoms with Gasteiger partial charge in [0.1, 0.15) is 28.5 Å². The number of methoxy groups -OCH3 is 1. The Balaban J connectivity index is 1.88. The number of amides is 1. The zero-order valence-corrected chi connectivity index (χ0v) is 21.4. The Bertz CT molecular complexity index is 1260. The largest absolute Gasteiger partial charge is 0.490 e. The lowest BCUT2D eigenvalue weighted by molar-refractivity contribution is 0.0263. The zero-order valence-electron chi connectivity index (χ0n) is 20.6. The summed E-state index contributed by atoms with van der Waals surface area (Å²) in [7, 11) is 1.62. The number of carbonyl (C=O) groups excluding carboxylic acids is 1. The number of halogens is 2. The first-order valence-electron chi connectivity index (χ1n) is 11.7. The Kier molecular flexibility index (Phi) is 7.19. The normalized spacial score (nSPS) is 17.3. The molecule has 1 aromatic carbocycles. The second-order valence-electron chi connectivity index (χ2n) is 9.19. The number of nitrogens with zero attached hydrogens (tertiary/aromatic N) is 4. The minimum Gasteiger partial charge on any atom is -0.490 e. The van der Waals surface area contributed by atoms with Crippen LogP contribution in [0, 0.1) is 12.7 Å². The van der Waals surface area contributed by atoms with Gasteiger partial charge in [-0.1, -0.05) is 18.5 Å². The van der Waals surface area contributed by atoms with Crippen molar-refractivity contribution >= 4 is 28.8 Å². The summed E-state index contributed by atoms with van der Waals surface area (Å²) < 4.78 is 28.9. The molecule has 3 heterocycles. The van der Waals surface area contributed by atoms with Crippen LogP contribution < -0.4 is 10.5 Å². The Morgan fingerprint density at radius 1 is 1.34 bits per heavy atom. The number of hydrogen-bond donors (Lipinski definition) is 1. The molecular weight excluding hydrogens is 473 g/mol. The maximum Gasteiger partial charge on any atom is 0.260 e. The van der Waals surface area contributed by atoms with Crippen molar-refractivity contribution in [3.63, 3.8) is 0 Å². The van der Waals surface area contributed by atoms with Crippen LogP contribution in [0.5, 0.6) is 5.75 Å². The zero-order chi connectivity index (χ0) is 25.4. The molecule has 4 rings (SSSR count). The molecule has 3 aromatic rings. The van der Waals surface area contributed by atoms with Crippen LogP contribution in [-0.2, 0) is 4.74 Å². The molecule has 2 N–H and O–H groups in total. The van der Waals surface area contributed by atoms with E-state index < -0.39 is 17.6 Å². The predicted molar refractivity (Wildman–Crippen MR) is 133 cm³/mol. The van der Waals surface area contributed by atoms with Crippen LogP contribution in [0.15, 0.2) is 18.5 Å². The average Bonchev–Trinajstić information content (AvgIpc) is 3.18. The number of nitrogen functional groups attached to an aromatic ring is 1. The van der Waals surface area contributed by atoms with Crippen molar-refractivity contribution in [2.24, 2.45) is 0 Å². The SMILES string of the molecule is CO[C@@H]1CCCN(C(=O)c2c(F)c(Cl)cc(C(C)c3nc(C)c4c(N)nccn34)c2OC(C)C)C1. The number of aryl methyl sites for hydroxylation is 1.